The smallest absolute Gasteiger partial charge is 0.353 e. The topological polar surface area (TPSA) is 46.5 Å². The molecule has 0 amide bonds. The molecule has 1 N–H and O–H groups in total. The zero-order chi connectivity index (χ0) is 24.7. The second kappa shape index (κ2) is 11.3. The summed E-state index contributed by atoms with van der Waals surface area (Å²) in [5.41, 5.74) is 2.66. The molecule has 0 saturated heterocycles. The first-order valence-electron chi connectivity index (χ1n) is 12.2. The van der Waals surface area contributed by atoms with Crippen molar-refractivity contribution in [1.29, 1.82) is 0 Å². The summed E-state index contributed by atoms with van der Waals surface area (Å²) >= 11 is 0. The lowest BCUT2D eigenvalue weighted by atomic mass is 10.1. The fourth-order valence-corrected chi connectivity index (χ4v) is 7.24. The number of hydrogen-bond acceptors (Lipinski definition) is 3. The van der Waals surface area contributed by atoms with Crippen molar-refractivity contribution in [3.8, 4) is 5.75 Å². The Morgan fingerprint density at radius 3 is 1.60 bits per heavy atom. The molecule has 4 aromatic rings. The first-order chi connectivity index (χ1) is 17.1. The van der Waals surface area contributed by atoms with Crippen LogP contribution in [-0.4, -0.2) is 11.1 Å². The highest BCUT2D eigenvalue weighted by molar-refractivity contribution is 8.30. The van der Waals surface area contributed by atoms with Gasteiger partial charge in [-0.2, -0.15) is 0 Å². The molecule has 0 unspecified atom stereocenters. The molecule has 4 aromatic carbocycles. The lowest BCUT2D eigenvalue weighted by Crippen LogP contribution is -2.14. The molecule has 0 saturated carbocycles. The van der Waals surface area contributed by atoms with Gasteiger partial charge in [0.15, 0.2) is 0 Å². The summed E-state index contributed by atoms with van der Waals surface area (Å²) < 4.78 is 6.55. The van der Waals surface area contributed by atoms with E-state index < -0.39 is 16.3 Å². The van der Waals surface area contributed by atoms with Crippen molar-refractivity contribution in [2.45, 2.75) is 54.2 Å². The fourth-order valence-electron chi connectivity index (χ4n) is 4.24. The summed E-state index contributed by atoms with van der Waals surface area (Å²) in [6.45, 7) is 4.33. The van der Waals surface area contributed by atoms with Crippen LogP contribution in [0.5, 0.6) is 5.75 Å². The third kappa shape index (κ3) is 5.28. The van der Waals surface area contributed by atoms with Crippen molar-refractivity contribution in [3.63, 3.8) is 0 Å². The number of para-hydroxylation sites is 1. The molecule has 0 heterocycles. The van der Waals surface area contributed by atoms with E-state index in [0.717, 1.165) is 40.4 Å². The number of aromatic hydroxyl groups is 1. The maximum absolute atomic E-state index is 13.6. The largest absolute Gasteiger partial charge is 0.507 e. The van der Waals surface area contributed by atoms with Gasteiger partial charge in [-0.05, 0) is 82.8 Å². The van der Waals surface area contributed by atoms with E-state index in [9.17, 15) is 9.90 Å². The van der Waals surface area contributed by atoms with Crippen molar-refractivity contribution in [2.24, 2.45) is 0 Å². The van der Waals surface area contributed by atoms with Gasteiger partial charge in [0, 0.05) is 14.7 Å². The van der Waals surface area contributed by atoms with Crippen LogP contribution in [0.2, 0.25) is 0 Å². The quantitative estimate of drug-likeness (QED) is 0.260. The molecule has 0 fully saturated rings. The predicted octanol–water partition coefficient (Wildman–Crippen LogP) is 8.35. The van der Waals surface area contributed by atoms with Crippen LogP contribution < -0.4 is 0 Å². The maximum Gasteiger partial charge on any atom is 0.353 e. The number of phenols is 1. The Bertz CT molecular complexity index is 1200. The van der Waals surface area contributed by atoms with Crippen molar-refractivity contribution in [2.75, 3.05) is 0 Å². The average Bonchev–Trinajstić information content (AvgIpc) is 2.89. The molecule has 0 aliphatic rings. The third-order valence-corrected chi connectivity index (χ3v) is 9.20. The fraction of sp³-hybridized carbons (Fsp3) is 0.194. The normalized spacial score (nSPS) is 11.7. The van der Waals surface area contributed by atoms with Crippen LogP contribution in [-0.2, 0) is 17.0 Å². The van der Waals surface area contributed by atoms with Crippen LogP contribution in [0.4, 0.5) is 0 Å². The van der Waals surface area contributed by atoms with Gasteiger partial charge in [0.2, 0.25) is 0 Å². The van der Waals surface area contributed by atoms with E-state index in [1.807, 2.05) is 30.3 Å². The number of rotatable bonds is 9. The maximum atomic E-state index is 13.6. The molecule has 0 bridgehead atoms. The van der Waals surface area contributed by atoms with Gasteiger partial charge in [0.05, 0.1) is 0 Å². The zero-order valence-electron chi connectivity index (χ0n) is 20.3. The van der Waals surface area contributed by atoms with Gasteiger partial charge in [-0.15, -0.1) is 0 Å². The lowest BCUT2D eigenvalue weighted by molar-refractivity contribution is 0.0754. The Hall–Kier alpha value is -3.50. The van der Waals surface area contributed by atoms with Crippen LogP contribution in [0.15, 0.2) is 118 Å². The van der Waals surface area contributed by atoms with E-state index in [1.54, 1.807) is 18.2 Å². The van der Waals surface area contributed by atoms with Crippen molar-refractivity contribution in [1.82, 2.24) is 0 Å². The molecule has 180 valence electrons. The number of benzene rings is 4. The molecular weight excluding hydrogens is 452 g/mol. The van der Waals surface area contributed by atoms with E-state index in [1.165, 1.54) is 17.2 Å². The molecule has 4 rings (SSSR count). The Labute approximate surface area is 209 Å². The Balaban J connectivity index is 1.93. The Morgan fingerprint density at radius 1 is 0.657 bits per heavy atom. The van der Waals surface area contributed by atoms with Crippen molar-refractivity contribution >= 4 is 16.3 Å². The van der Waals surface area contributed by atoms with Gasteiger partial charge in [-0.1, -0.05) is 81.3 Å². The first kappa shape index (κ1) is 24.6. The van der Waals surface area contributed by atoms with E-state index in [0.29, 0.717) is 0 Å². The molecule has 4 heteroatoms. The lowest BCUT2D eigenvalue weighted by Gasteiger charge is -2.40. The predicted molar refractivity (Wildman–Crippen MR) is 143 cm³/mol. The molecular formula is C31H32O3S. The number of aryl methyl sites for hydroxylation is 2. The van der Waals surface area contributed by atoms with Gasteiger partial charge in [-0.3, -0.25) is 0 Å². The van der Waals surface area contributed by atoms with Crippen LogP contribution >= 0.6 is 10.3 Å². The summed E-state index contributed by atoms with van der Waals surface area (Å²) in [6, 6.07) is 33.4. The second-order valence-electron chi connectivity index (χ2n) is 8.55. The Kier molecular flexibility index (Phi) is 7.94. The summed E-state index contributed by atoms with van der Waals surface area (Å²) in [5, 5.41) is 10.4. The van der Waals surface area contributed by atoms with Crippen molar-refractivity contribution < 1.29 is 14.1 Å². The number of carbonyl (C=O) groups is 1. The van der Waals surface area contributed by atoms with Gasteiger partial charge in [0.25, 0.3) is 0 Å². The number of phenolic OH excluding ortho intramolecular Hbond substituents is 1. The summed E-state index contributed by atoms with van der Waals surface area (Å²) in [5.74, 6) is -0.632. The van der Waals surface area contributed by atoms with E-state index in [4.69, 9.17) is 4.18 Å². The molecule has 0 aliphatic heterocycles. The van der Waals surface area contributed by atoms with Crippen LogP contribution in [0, 0.1) is 0 Å². The minimum absolute atomic E-state index is 0.0875. The van der Waals surface area contributed by atoms with Crippen LogP contribution in [0.1, 0.15) is 48.2 Å². The molecule has 0 aliphatic carbocycles. The van der Waals surface area contributed by atoms with Crippen molar-refractivity contribution in [3.05, 3.63) is 120 Å². The van der Waals surface area contributed by atoms with Gasteiger partial charge in [-0.25, -0.2) is 4.79 Å². The second-order valence-corrected chi connectivity index (χ2v) is 11.2. The standard InChI is InChI=1S/C31H32O3S/c1-3-10-24-16-20-27(21-17-24)35(26-12-6-5-7-13-26,28-22-18-25(11-4-2)19-23-28)34-31(33)29-14-8-9-15-30(29)32/h5-9,12-23,32H,3-4,10-11H2,1-2H3. The van der Waals surface area contributed by atoms with Crippen LogP contribution in [0.25, 0.3) is 0 Å². The van der Waals surface area contributed by atoms with Gasteiger partial charge < -0.3 is 9.29 Å². The zero-order valence-corrected chi connectivity index (χ0v) is 21.1. The molecule has 35 heavy (non-hydrogen) atoms. The third-order valence-electron chi connectivity index (χ3n) is 5.99. The number of carbonyl (C=O) groups excluding carboxylic acids is 1. The summed E-state index contributed by atoms with van der Waals surface area (Å²) in [6.07, 6.45) is 4.13. The summed E-state index contributed by atoms with van der Waals surface area (Å²) in [7, 11) is -2.42. The summed E-state index contributed by atoms with van der Waals surface area (Å²) in [4.78, 5) is 16.4. The van der Waals surface area contributed by atoms with Gasteiger partial charge >= 0.3 is 5.97 Å². The minimum Gasteiger partial charge on any atom is -0.507 e. The SMILES string of the molecule is CCCc1ccc(S(OC(=O)c2ccccc2O)(c2ccccc2)c2ccc(CCC)cc2)cc1. The highest BCUT2D eigenvalue weighted by Crippen LogP contribution is 2.69. The first-order valence-corrected chi connectivity index (χ1v) is 13.7. The molecule has 0 radical (unpaired) electrons. The monoisotopic (exact) mass is 484 g/mol. The average molecular weight is 485 g/mol. The molecule has 0 aromatic heterocycles. The minimum atomic E-state index is -2.42. The van der Waals surface area contributed by atoms with E-state index in [-0.39, 0.29) is 11.3 Å². The molecule has 0 spiro atoms. The molecule has 3 nitrogen and oxygen atoms in total. The van der Waals surface area contributed by atoms with E-state index in [2.05, 4.69) is 62.4 Å². The number of hydrogen-bond donors (Lipinski definition) is 1. The Morgan fingerprint density at radius 2 is 1.11 bits per heavy atom. The van der Waals surface area contributed by atoms with E-state index >= 15 is 0 Å². The molecule has 0 atom stereocenters. The highest BCUT2D eigenvalue weighted by atomic mass is 32.3. The highest BCUT2D eigenvalue weighted by Gasteiger charge is 2.36. The van der Waals surface area contributed by atoms with Gasteiger partial charge in [0.1, 0.15) is 11.3 Å². The van der Waals surface area contributed by atoms with Crippen LogP contribution in [0.3, 0.4) is 0 Å².